The molecule has 0 N–H and O–H groups in total. The first-order chi connectivity index (χ1) is 11.2. The normalized spacial score (nSPS) is 18.1. The second kappa shape index (κ2) is 10.8. The van der Waals surface area contributed by atoms with Crippen LogP contribution < -0.4 is 4.90 Å². The number of imide groups is 1. The number of aromatic nitrogens is 2. The van der Waals surface area contributed by atoms with Crippen LogP contribution in [0.4, 0.5) is 10.7 Å². The van der Waals surface area contributed by atoms with E-state index in [2.05, 4.69) is 19.8 Å². The van der Waals surface area contributed by atoms with Crippen molar-refractivity contribution in [3.8, 4) is 0 Å². The highest BCUT2D eigenvalue weighted by molar-refractivity contribution is 8.14. The third-order valence-corrected chi connectivity index (χ3v) is 5.01. The number of rotatable bonds is 6. The van der Waals surface area contributed by atoms with Crippen LogP contribution in [-0.4, -0.2) is 75.9 Å². The number of hydrogen-bond acceptors (Lipinski definition) is 7. The summed E-state index contributed by atoms with van der Waals surface area (Å²) in [6, 6.07) is 1.83. The Labute approximate surface area is 164 Å². The highest BCUT2D eigenvalue weighted by Gasteiger charge is 2.29. The number of nitrogens with zero attached hydrogens (tertiary/aromatic N) is 5. The molecule has 140 valence electrons. The third kappa shape index (κ3) is 5.99. The SMILES string of the molecule is Cl.Cl.O=C1CSC(=O)N1CCCCN1CCN(c2ncccn2)CC1. The maximum absolute atomic E-state index is 11.5. The van der Waals surface area contributed by atoms with Crippen molar-refractivity contribution in [3.05, 3.63) is 18.5 Å². The third-order valence-electron chi connectivity index (χ3n) is 4.15. The smallest absolute Gasteiger partial charge is 0.288 e. The molecule has 3 rings (SSSR count). The zero-order chi connectivity index (χ0) is 16.1. The van der Waals surface area contributed by atoms with Gasteiger partial charge in [-0.25, -0.2) is 9.97 Å². The summed E-state index contributed by atoms with van der Waals surface area (Å²) in [5, 5.41) is -0.0912. The number of carbonyl (C=O) groups is 2. The first-order valence-electron chi connectivity index (χ1n) is 7.95. The Morgan fingerprint density at radius 2 is 1.60 bits per heavy atom. The molecule has 1 aromatic rings. The van der Waals surface area contributed by atoms with Crippen molar-refractivity contribution >= 4 is 53.7 Å². The van der Waals surface area contributed by atoms with E-state index in [0.29, 0.717) is 12.3 Å². The summed E-state index contributed by atoms with van der Waals surface area (Å²) in [6.45, 7) is 5.42. The number of anilines is 1. The van der Waals surface area contributed by atoms with Crippen molar-refractivity contribution < 1.29 is 9.59 Å². The van der Waals surface area contributed by atoms with Gasteiger partial charge in [0.1, 0.15) is 0 Å². The molecule has 2 aliphatic rings. The van der Waals surface area contributed by atoms with Crippen molar-refractivity contribution in [2.45, 2.75) is 12.8 Å². The number of hydrogen-bond donors (Lipinski definition) is 0. The van der Waals surface area contributed by atoms with E-state index in [1.165, 1.54) is 4.90 Å². The summed E-state index contributed by atoms with van der Waals surface area (Å²) >= 11 is 1.11. The Morgan fingerprint density at radius 3 is 2.20 bits per heavy atom. The lowest BCUT2D eigenvalue weighted by atomic mass is 10.2. The molecule has 0 unspecified atom stereocenters. The van der Waals surface area contributed by atoms with Gasteiger partial charge in [-0.2, -0.15) is 0 Å². The standard InChI is InChI=1S/C15H21N5O2S.2ClH/c21-13-12-23-15(22)20(13)7-2-1-6-18-8-10-19(11-9-18)14-16-4-3-5-17-14;;/h3-5H,1-2,6-12H2;2*1H. The topological polar surface area (TPSA) is 69.6 Å². The lowest BCUT2D eigenvalue weighted by Crippen LogP contribution is -2.47. The van der Waals surface area contributed by atoms with Crippen LogP contribution in [0.2, 0.25) is 0 Å². The molecule has 3 heterocycles. The van der Waals surface area contributed by atoms with Crippen LogP contribution in [-0.2, 0) is 4.79 Å². The number of piperazine rings is 1. The Bertz CT molecular complexity index is 542. The molecule has 0 aliphatic carbocycles. The quantitative estimate of drug-likeness (QED) is 0.666. The fourth-order valence-electron chi connectivity index (χ4n) is 2.83. The van der Waals surface area contributed by atoms with Gasteiger partial charge in [-0.3, -0.25) is 19.4 Å². The molecule has 1 aromatic heterocycles. The van der Waals surface area contributed by atoms with E-state index in [-0.39, 0.29) is 36.0 Å². The van der Waals surface area contributed by atoms with Crippen molar-refractivity contribution in [3.63, 3.8) is 0 Å². The van der Waals surface area contributed by atoms with Crippen LogP contribution in [0.5, 0.6) is 0 Å². The van der Waals surface area contributed by atoms with Gasteiger partial charge in [0.15, 0.2) is 0 Å². The maximum Gasteiger partial charge on any atom is 0.288 e. The number of halogens is 2. The highest BCUT2D eigenvalue weighted by atomic mass is 35.5. The first-order valence-corrected chi connectivity index (χ1v) is 8.94. The number of amides is 2. The number of thioether (sulfide) groups is 1. The van der Waals surface area contributed by atoms with Gasteiger partial charge in [0, 0.05) is 45.1 Å². The summed E-state index contributed by atoms with van der Waals surface area (Å²) in [6.07, 6.45) is 5.42. The predicted molar refractivity (Wildman–Crippen MR) is 104 cm³/mol. The van der Waals surface area contributed by atoms with Gasteiger partial charge in [-0.1, -0.05) is 11.8 Å². The fourth-order valence-corrected chi connectivity index (χ4v) is 3.58. The van der Waals surface area contributed by atoms with E-state index < -0.39 is 0 Å². The molecule has 7 nitrogen and oxygen atoms in total. The van der Waals surface area contributed by atoms with E-state index in [4.69, 9.17) is 0 Å². The fraction of sp³-hybridized carbons (Fsp3) is 0.600. The molecule has 2 aliphatic heterocycles. The molecule has 25 heavy (non-hydrogen) atoms. The second-order valence-electron chi connectivity index (χ2n) is 5.68. The molecule has 0 bridgehead atoms. The Kier molecular flexibility index (Phi) is 9.48. The van der Waals surface area contributed by atoms with Crippen molar-refractivity contribution in [2.24, 2.45) is 0 Å². The van der Waals surface area contributed by atoms with Crippen LogP contribution in [0, 0.1) is 0 Å². The van der Waals surface area contributed by atoms with Crippen molar-refractivity contribution in [1.82, 2.24) is 19.8 Å². The summed E-state index contributed by atoms with van der Waals surface area (Å²) in [7, 11) is 0. The van der Waals surface area contributed by atoms with Gasteiger partial charge in [-0.15, -0.1) is 24.8 Å². The van der Waals surface area contributed by atoms with Gasteiger partial charge >= 0.3 is 0 Å². The molecular weight excluding hydrogens is 385 g/mol. The van der Waals surface area contributed by atoms with Crippen molar-refractivity contribution in [1.29, 1.82) is 0 Å². The molecule has 0 atom stereocenters. The Hall–Kier alpha value is -1.09. The van der Waals surface area contributed by atoms with E-state index >= 15 is 0 Å². The molecule has 0 aromatic carbocycles. The van der Waals surface area contributed by atoms with Gasteiger partial charge in [0.05, 0.1) is 5.75 Å². The molecule has 10 heteroatoms. The summed E-state index contributed by atoms with van der Waals surface area (Å²) in [5.41, 5.74) is 0. The van der Waals surface area contributed by atoms with E-state index in [9.17, 15) is 9.59 Å². The Morgan fingerprint density at radius 1 is 0.960 bits per heavy atom. The van der Waals surface area contributed by atoms with E-state index in [1.807, 2.05) is 6.07 Å². The van der Waals surface area contributed by atoms with Crippen LogP contribution in [0.1, 0.15) is 12.8 Å². The second-order valence-corrected chi connectivity index (χ2v) is 6.61. The summed E-state index contributed by atoms with van der Waals surface area (Å²) < 4.78 is 0. The van der Waals surface area contributed by atoms with Gasteiger partial charge in [-0.05, 0) is 25.5 Å². The molecule has 0 radical (unpaired) electrons. The van der Waals surface area contributed by atoms with Crippen LogP contribution in [0.15, 0.2) is 18.5 Å². The van der Waals surface area contributed by atoms with Crippen molar-refractivity contribution in [2.75, 3.05) is 49.9 Å². The minimum absolute atomic E-state index is 0. The predicted octanol–water partition coefficient (Wildman–Crippen LogP) is 1.92. The van der Waals surface area contributed by atoms with Crippen LogP contribution in [0.3, 0.4) is 0 Å². The largest absolute Gasteiger partial charge is 0.338 e. The maximum atomic E-state index is 11.5. The van der Waals surface area contributed by atoms with Gasteiger partial charge in [0.25, 0.3) is 5.24 Å². The van der Waals surface area contributed by atoms with E-state index in [0.717, 1.165) is 63.3 Å². The van der Waals surface area contributed by atoms with Gasteiger partial charge in [0.2, 0.25) is 11.9 Å². The highest BCUT2D eigenvalue weighted by Crippen LogP contribution is 2.19. The minimum Gasteiger partial charge on any atom is -0.338 e. The average Bonchev–Trinajstić information content (AvgIpc) is 2.92. The zero-order valence-corrected chi connectivity index (χ0v) is 16.3. The minimum atomic E-state index is -0.0912. The lowest BCUT2D eigenvalue weighted by molar-refractivity contribution is -0.124. The van der Waals surface area contributed by atoms with Crippen LogP contribution in [0.25, 0.3) is 0 Å². The molecule has 0 spiro atoms. The van der Waals surface area contributed by atoms with Crippen LogP contribution >= 0.6 is 36.6 Å². The summed E-state index contributed by atoms with van der Waals surface area (Å²) in [5.74, 6) is 1.06. The number of carbonyl (C=O) groups excluding carboxylic acids is 2. The molecule has 2 saturated heterocycles. The monoisotopic (exact) mass is 407 g/mol. The van der Waals surface area contributed by atoms with E-state index in [1.54, 1.807) is 12.4 Å². The van der Waals surface area contributed by atoms with Gasteiger partial charge < -0.3 is 4.90 Å². The number of unbranched alkanes of at least 4 members (excludes halogenated alkanes) is 1. The summed E-state index contributed by atoms with van der Waals surface area (Å²) in [4.78, 5) is 37.6. The zero-order valence-electron chi connectivity index (χ0n) is 13.9. The molecule has 2 fully saturated rings. The average molecular weight is 408 g/mol. The Balaban J connectivity index is 0.00000156. The molecular formula is C15H23Cl2N5O2S. The first kappa shape index (κ1) is 22.0. The molecule has 0 saturated carbocycles. The molecule has 2 amide bonds. The lowest BCUT2D eigenvalue weighted by Gasteiger charge is -2.34.